The molecule has 3 rings (SSSR count). The van der Waals surface area contributed by atoms with Crippen molar-refractivity contribution < 1.29 is 17.9 Å². The van der Waals surface area contributed by atoms with Crippen LogP contribution in [0.1, 0.15) is 43.4 Å². The Bertz CT molecular complexity index is 768. The molecule has 1 aromatic carbocycles. The van der Waals surface area contributed by atoms with E-state index in [1.165, 1.54) is 28.3 Å². The van der Waals surface area contributed by atoms with E-state index in [4.69, 9.17) is 4.74 Å². The molecule has 2 aliphatic rings. The molecular weight excluding hydrogens is 364 g/mol. The van der Waals surface area contributed by atoms with E-state index in [-0.39, 0.29) is 30.4 Å². The van der Waals surface area contributed by atoms with E-state index in [2.05, 4.69) is 17.4 Å². The second-order valence-electron chi connectivity index (χ2n) is 7.73. The molecule has 1 heterocycles. The van der Waals surface area contributed by atoms with Gasteiger partial charge in [-0.25, -0.2) is 8.42 Å². The van der Waals surface area contributed by atoms with E-state index in [1.807, 2.05) is 19.9 Å². The lowest BCUT2D eigenvalue weighted by Gasteiger charge is -2.34. The van der Waals surface area contributed by atoms with E-state index < -0.39 is 10.0 Å². The van der Waals surface area contributed by atoms with Gasteiger partial charge in [-0.05, 0) is 56.2 Å². The zero-order valence-corrected chi connectivity index (χ0v) is 17.1. The summed E-state index contributed by atoms with van der Waals surface area (Å²) in [5, 5.41) is 2.75. The van der Waals surface area contributed by atoms with Crippen LogP contribution in [-0.2, 0) is 38.8 Å². The Hall–Kier alpha value is -1.44. The molecule has 2 atom stereocenters. The van der Waals surface area contributed by atoms with Gasteiger partial charge in [0.25, 0.3) is 0 Å². The number of nitrogens with one attached hydrogen (secondary N) is 1. The fourth-order valence-corrected chi connectivity index (χ4v) is 5.44. The van der Waals surface area contributed by atoms with Gasteiger partial charge in [0.05, 0.1) is 24.4 Å². The van der Waals surface area contributed by atoms with Crippen molar-refractivity contribution in [2.75, 3.05) is 25.4 Å². The molecule has 7 heteroatoms. The Morgan fingerprint density at radius 1 is 1.15 bits per heavy atom. The molecule has 6 nitrogen and oxygen atoms in total. The number of carbonyl (C=O) groups is 1. The van der Waals surface area contributed by atoms with Gasteiger partial charge in [0.1, 0.15) is 0 Å². The van der Waals surface area contributed by atoms with Gasteiger partial charge in [-0.1, -0.05) is 18.2 Å². The predicted molar refractivity (Wildman–Crippen MR) is 105 cm³/mol. The quantitative estimate of drug-likeness (QED) is 0.796. The Labute approximate surface area is 162 Å². The van der Waals surface area contributed by atoms with Crippen molar-refractivity contribution in [3.8, 4) is 0 Å². The molecule has 0 saturated carbocycles. The highest BCUT2D eigenvalue weighted by Crippen LogP contribution is 2.22. The maximum Gasteiger partial charge on any atom is 0.224 e. The molecule has 2 unspecified atom stereocenters. The zero-order valence-electron chi connectivity index (χ0n) is 16.2. The summed E-state index contributed by atoms with van der Waals surface area (Å²) in [4.78, 5) is 12.2. The SMILES string of the molecule is CC1CN(S(=O)(=O)CCNC(=O)Cc2ccc3c(c2)CCCC3)CC(C)O1. The third-order valence-electron chi connectivity index (χ3n) is 5.24. The number of amides is 1. The number of fused-ring (bicyclic) bond motifs is 1. The average Bonchev–Trinajstić information content (AvgIpc) is 2.60. The number of nitrogens with zero attached hydrogens (tertiary/aromatic N) is 1. The Kier molecular flexibility index (Phi) is 6.55. The molecule has 0 aromatic heterocycles. The highest BCUT2D eigenvalue weighted by molar-refractivity contribution is 7.89. The van der Waals surface area contributed by atoms with Crippen LogP contribution in [0.3, 0.4) is 0 Å². The summed E-state index contributed by atoms with van der Waals surface area (Å²) in [5.74, 6) is -0.216. The highest BCUT2D eigenvalue weighted by atomic mass is 32.2. The maximum absolute atomic E-state index is 12.5. The third-order valence-corrected chi connectivity index (χ3v) is 7.04. The average molecular weight is 395 g/mol. The van der Waals surface area contributed by atoms with Gasteiger partial charge in [-0.3, -0.25) is 4.79 Å². The summed E-state index contributed by atoms with van der Waals surface area (Å²) in [6.07, 6.45) is 4.72. The molecule has 1 aliphatic carbocycles. The summed E-state index contributed by atoms with van der Waals surface area (Å²) in [6.45, 7) is 4.62. The highest BCUT2D eigenvalue weighted by Gasteiger charge is 2.30. The van der Waals surface area contributed by atoms with E-state index in [0.29, 0.717) is 19.5 Å². The maximum atomic E-state index is 12.5. The Balaban J connectivity index is 1.48. The summed E-state index contributed by atoms with van der Waals surface area (Å²) >= 11 is 0. The largest absolute Gasteiger partial charge is 0.373 e. The van der Waals surface area contributed by atoms with Crippen LogP contribution in [0.4, 0.5) is 0 Å². The lowest BCUT2D eigenvalue weighted by Crippen LogP contribution is -2.49. The molecule has 1 N–H and O–H groups in total. The van der Waals surface area contributed by atoms with Crippen LogP contribution in [0, 0.1) is 0 Å². The van der Waals surface area contributed by atoms with Crippen LogP contribution in [0.15, 0.2) is 18.2 Å². The number of rotatable bonds is 6. The van der Waals surface area contributed by atoms with Crippen LogP contribution in [0.5, 0.6) is 0 Å². The Morgan fingerprint density at radius 3 is 2.52 bits per heavy atom. The van der Waals surface area contributed by atoms with Gasteiger partial charge in [0.15, 0.2) is 0 Å². The normalized spacial score (nSPS) is 23.6. The first-order valence-electron chi connectivity index (χ1n) is 9.84. The first-order valence-corrected chi connectivity index (χ1v) is 11.4. The van der Waals surface area contributed by atoms with Gasteiger partial charge in [-0.2, -0.15) is 4.31 Å². The number of hydrogen-bond donors (Lipinski definition) is 1. The fourth-order valence-electron chi connectivity index (χ4n) is 3.95. The Morgan fingerprint density at radius 2 is 1.81 bits per heavy atom. The van der Waals surface area contributed by atoms with Crippen molar-refractivity contribution in [1.82, 2.24) is 9.62 Å². The fraction of sp³-hybridized carbons (Fsp3) is 0.650. The molecular formula is C20H30N2O4S. The number of carbonyl (C=O) groups excluding carboxylic acids is 1. The van der Waals surface area contributed by atoms with Crippen molar-refractivity contribution in [2.45, 2.75) is 58.2 Å². The van der Waals surface area contributed by atoms with Gasteiger partial charge < -0.3 is 10.1 Å². The van der Waals surface area contributed by atoms with Crippen LogP contribution in [-0.4, -0.2) is 56.2 Å². The third kappa shape index (κ3) is 5.53. The van der Waals surface area contributed by atoms with E-state index >= 15 is 0 Å². The minimum atomic E-state index is -3.39. The van der Waals surface area contributed by atoms with Crippen molar-refractivity contribution >= 4 is 15.9 Å². The molecule has 1 saturated heterocycles. The standard InChI is InChI=1S/C20H30N2O4S/c1-15-13-22(14-16(2)26-15)27(24,25)10-9-21-20(23)12-17-7-8-18-5-3-4-6-19(18)11-17/h7-8,11,15-16H,3-6,9-10,12-14H2,1-2H3,(H,21,23). The summed E-state index contributed by atoms with van der Waals surface area (Å²) in [6, 6.07) is 6.26. The lowest BCUT2D eigenvalue weighted by atomic mass is 9.90. The topological polar surface area (TPSA) is 75.7 Å². The zero-order chi connectivity index (χ0) is 19.4. The minimum absolute atomic E-state index is 0.0810. The van der Waals surface area contributed by atoms with Crippen LogP contribution >= 0.6 is 0 Å². The van der Waals surface area contributed by atoms with Crippen LogP contribution in [0.25, 0.3) is 0 Å². The van der Waals surface area contributed by atoms with Crippen molar-refractivity contribution in [1.29, 1.82) is 0 Å². The second kappa shape index (κ2) is 8.71. The smallest absolute Gasteiger partial charge is 0.224 e. The van der Waals surface area contributed by atoms with E-state index in [0.717, 1.165) is 18.4 Å². The molecule has 150 valence electrons. The molecule has 27 heavy (non-hydrogen) atoms. The molecule has 1 amide bonds. The van der Waals surface area contributed by atoms with Crippen molar-refractivity contribution in [2.24, 2.45) is 0 Å². The molecule has 0 radical (unpaired) electrons. The monoisotopic (exact) mass is 394 g/mol. The van der Waals surface area contributed by atoms with Gasteiger partial charge in [0.2, 0.25) is 15.9 Å². The number of hydrogen-bond acceptors (Lipinski definition) is 4. The molecule has 0 bridgehead atoms. The van der Waals surface area contributed by atoms with Gasteiger partial charge >= 0.3 is 0 Å². The summed E-state index contributed by atoms with van der Waals surface area (Å²) in [7, 11) is -3.39. The lowest BCUT2D eigenvalue weighted by molar-refractivity contribution is -0.120. The van der Waals surface area contributed by atoms with E-state index in [9.17, 15) is 13.2 Å². The number of aryl methyl sites for hydroxylation is 2. The summed E-state index contributed by atoms with van der Waals surface area (Å²) in [5.41, 5.74) is 3.74. The number of ether oxygens (including phenoxy) is 1. The molecule has 0 spiro atoms. The number of morpholine rings is 1. The number of benzene rings is 1. The first kappa shape index (κ1) is 20.3. The van der Waals surface area contributed by atoms with E-state index in [1.54, 1.807) is 0 Å². The van der Waals surface area contributed by atoms with Gasteiger partial charge in [0, 0.05) is 19.6 Å². The summed E-state index contributed by atoms with van der Waals surface area (Å²) < 4.78 is 32.1. The van der Waals surface area contributed by atoms with Gasteiger partial charge in [-0.15, -0.1) is 0 Å². The van der Waals surface area contributed by atoms with Crippen molar-refractivity contribution in [3.63, 3.8) is 0 Å². The molecule has 1 aliphatic heterocycles. The predicted octanol–water partition coefficient (Wildman–Crippen LogP) is 1.66. The van der Waals surface area contributed by atoms with Crippen molar-refractivity contribution in [3.05, 3.63) is 34.9 Å². The molecule has 1 fully saturated rings. The molecule has 1 aromatic rings. The van der Waals surface area contributed by atoms with Crippen LogP contribution in [0.2, 0.25) is 0 Å². The second-order valence-corrected chi connectivity index (χ2v) is 9.82. The number of sulfonamides is 1. The van der Waals surface area contributed by atoms with Crippen LogP contribution < -0.4 is 5.32 Å². The first-order chi connectivity index (χ1) is 12.8. The minimum Gasteiger partial charge on any atom is -0.373 e.